The molecule has 0 saturated heterocycles. The summed E-state index contributed by atoms with van der Waals surface area (Å²) in [5, 5.41) is 28.8. The molecule has 11 heteroatoms. The molecule has 0 bridgehead atoms. The zero-order valence-electron chi connectivity index (χ0n) is 18.8. The van der Waals surface area contributed by atoms with Crippen LogP contribution in [0.1, 0.15) is 43.5 Å². The van der Waals surface area contributed by atoms with Gasteiger partial charge in [0.25, 0.3) is 0 Å². The molecular weight excluding hydrogens is 555 g/mol. The van der Waals surface area contributed by atoms with E-state index in [9.17, 15) is 9.90 Å². The lowest BCUT2D eigenvalue weighted by molar-refractivity contribution is -0.120. The zero-order valence-corrected chi connectivity index (χ0v) is 21.9. The number of nitriles is 2. The van der Waals surface area contributed by atoms with E-state index in [0.29, 0.717) is 16.7 Å². The number of carbonyl (C=O) groups is 1. The minimum absolute atomic E-state index is 0.0336. The Morgan fingerprint density at radius 1 is 1.09 bits per heavy atom. The van der Waals surface area contributed by atoms with Gasteiger partial charge in [0.15, 0.2) is 5.78 Å². The van der Waals surface area contributed by atoms with E-state index < -0.39 is 15.3 Å². The summed E-state index contributed by atoms with van der Waals surface area (Å²) in [6.45, 7) is 0.343. The molecule has 2 aliphatic carbocycles. The maximum atomic E-state index is 11.6. The highest BCUT2D eigenvalue weighted by molar-refractivity contribution is 9.09. The van der Waals surface area contributed by atoms with Crippen molar-refractivity contribution in [1.29, 1.82) is 10.5 Å². The van der Waals surface area contributed by atoms with E-state index in [-0.39, 0.29) is 25.3 Å². The van der Waals surface area contributed by atoms with Crippen LogP contribution in [0, 0.1) is 47.3 Å². The average Bonchev–Trinajstić information content (AvgIpc) is 3.67. The first kappa shape index (κ1) is 28.4. The van der Waals surface area contributed by atoms with Crippen molar-refractivity contribution in [3.05, 3.63) is 36.4 Å². The standard InChI is InChI=1S/C12H12ClN3O.C9H8ClN3O.C3H3Br/c1-2-3-12(17,11(13)4-5-11)8-16-9-15-7-10(16)6-14;10-9(1-2-9)8(14)5-13-6-12-4-7(13)3-11;1-2-3-4/h1,7,9,17H,3-5,8H2;4,6H,1-2,5H2;1H,3H2. The van der Waals surface area contributed by atoms with Crippen LogP contribution in [0.3, 0.4) is 0 Å². The van der Waals surface area contributed by atoms with E-state index in [0.717, 1.165) is 25.7 Å². The van der Waals surface area contributed by atoms with Gasteiger partial charge in [0.2, 0.25) is 0 Å². The fraction of sp³-hybridized carbons (Fsp3) is 0.458. The van der Waals surface area contributed by atoms with E-state index in [1.165, 1.54) is 29.6 Å². The van der Waals surface area contributed by atoms with Crippen molar-refractivity contribution in [2.75, 3.05) is 5.33 Å². The van der Waals surface area contributed by atoms with Crippen LogP contribution in [0.25, 0.3) is 0 Å². The number of nitrogens with zero attached hydrogens (tertiary/aromatic N) is 6. The summed E-state index contributed by atoms with van der Waals surface area (Å²) in [6.07, 6.45) is 19.0. The van der Waals surface area contributed by atoms with Gasteiger partial charge in [0.1, 0.15) is 34.0 Å². The monoisotopic (exact) mass is 576 g/mol. The van der Waals surface area contributed by atoms with E-state index in [1.807, 2.05) is 12.1 Å². The lowest BCUT2D eigenvalue weighted by Gasteiger charge is -2.31. The van der Waals surface area contributed by atoms with Crippen LogP contribution in [-0.2, 0) is 17.9 Å². The third-order valence-electron chi connectivity index (χ3n) is 5.58. The number of hydrogen-bond acceptors (Lipinski definition) is 6. The number of Topliss-reactive ketones (excluding diaryl/α,β-unsaturated/α-hetero) is 1. The molecule has 2 saturated carbocycles. The van der Waals surface area contributed by atoms with Crippen molar-refractivity contribution in [2.24, 2.45) is 0 Å². The second-order valence-corrected chi connectivity index (χ2v) is 10.1. The average molecular weight is 578 g/mol. The van der Waals surface area contributed by atoms with Gasteiger partial charge in [-0.3, -0.25) is 4.79 Å². The molecule has 2 fully saturated rings. The molecule has 1 N–H and O–H groups in total. The molecule has 0 spiro atoms. The Morgan fingerprint density at radius 2 is 1.60 bits per heavy atom. The number of imidazole rings is 2. The van der Waals surface area contributed by atoms with Gasteiger partial charge in [0.05, 0.1) is 48.3 Å². The third kappa shape index (κ3) is 7.35. The first-order chi connectivity index (χ1) is 16.6. The molecule has 8 nitrogen and oxygen atoms in total. The number of halogens is 3. The van der Waals surface area contributed by atoms with Gasteiger partial charge in [-0.1, -0.05) is 21.9 Å². The number of alkyl halides is 3. The predicted octanol–water partition coefficient (Wildman–Crippen LogP) is 3.39. The first-order valence-corrected chi connectivity index (χ1v) is 12.4. The minimum atomic E-state index is -1.18. The van der Waals surface area contributed by atoms with Crippen molar-refractivity contribution in [2.45, 2.75) is 60.5 Å². The van der Waals surface area contributed by atoms with Gasteiger partial charge in [-0.2, -0.15) is 10.5 Å². The molecule has 182 valence electrons. The summed E-state index contributed by atoms with van der Waals surface area (Å²) in [5.74, 6) is 4.77. The van der Waals surface area contributed by atoms with E-state index in [1.54, 1.807) is 4.57 Å². The van der Waals surface area contributed by atoms with E-state index in [2.05, 4.69) is 37.7 Å². The van der Waals surface area contributed by atoms with Gasteiger partial charge >= 0.3 is 0 Å². The van der Waals surface area contributed by atoms with E-state index >= 15 is 0 Å². The quantitative estimate of drug-likeness (QED) is 0.398. The fourth-order valence-electron chi connectivity index (χ4n) is 3.15. The van der Waals surface area contributed by atoms with Crippen molar-refractivity contribution in [1.82, 2.24) is 19.1 Å². The van der Waals surface area contributed by atoms with Gasteiger partial charge in [-0.05, 0) is 25.7 Å². The molecule has 1 unspecified atom stereocenters. The molecule has 1 atom stereocenters. The van der Waals surface area contributed by atoms with Crippen LogP contribution >= 0.6 is 39.1 Å². The molecule has 0 aliphatic heterocycles. The van der Waals surface area contributed by atoms with Crippen LogP contribution in [0.4, 0.5) is 0 Å². The number of ketones is 1. The number of carbonyl (C=O) groups excluding carboxylic acids is 1. The van der Waals surface area contributed by atoms with Crippen LogP contribution in [-0.4, -0.2) is 50.7 Å². The number of aromatic nitrogens is 4. The lowest BCUT2D eigenvalue weighted by Crippen LogP contribution is -2.44. The zero-order chi connectivity index (χ0) is 26.1. The molecule has 4 rings (SSSR count). The van der Waals surface area contributed by atoms with Crippen LogP contribution in [0.15, 0.2) is 25.0 Å². The fourth-order valence-corrected chi connectivity index (χ4v) is 3.52. The van der Waals surface area contributed by atoms with Gasteiger partial charge in [-0.15, -0.1) is 42.0 Å². The number of terminal acetylenes is 2. The Balaban J connectivity index is 0.000000217. The molecular formula is C24H23BrCl2N6O2. The van der Waals surface area contributed by atoms with Crippen LogP contribution in [0.5, 0.6) is 0 Å². The third-order valence-corrected chi connectivity index (χ3v) is 7.23. The van der Waals surface area contributed by atoms with Gasteiger partial charge in [-0.25, -0.2) is 9.97 Å². The smallest absolute Gasteiger partial charge is 0.173 e. The molecule has 2 aromatic heterocycles. The maximum Gasteiger partial charge on any atom is 0.173 e. The highest BCUT2D eigenvalue weighted by atomic mass is 79.9. The van der Waals surface area contributed by atoms with Gasteiger partial charge < -0.3 is 14.2 Å². The van der Waals surface area contributed by atoms with Crippen LogP contribution in [0.2, 0.25) is 0 Å². The Hall–Kier alpha value is -2.79. The summed E-state index contributed by atoms with van der Waals surface area (Å²) in [4.78, 5) is 17.9. The highest BCUT2D eigenvalue weighted by Crippen LogP contribution is 2.53. The second kappa shape index (κ2) is 12.3. The van der Waals surface area contributed by atoms with Crippen molar-refractivity contribution >= 4 is 44.9 Å². The minimum Gasteiger partial charge on any atom is -0.385 e. The molecule has 2 aromatic rings. The molecule has 35 heavy (non-hydrogen) atoms. The normalized spacial score (nSPS) is 17.3. The topological polar surface area (TPSA) is 121 Å². The Bertz CT molecular complexity index is 1200. The molecule has 0 radical (unpaired) electrons. The number of hydrogen-bond donors (Lipinski definition) is 1. The number of aliphatic hydroxyl groups is 1. The SMILES string of the molecule is C#CCBr.C#CCC(O)(Cn1cncc1C#N)C1(Cl)CC1.N#Cc1cncn1CC(=O)C1(Cl)CC1. The van der Waals surface area contributed by atoms with Crippen molar-refractivity contribution in [3.8, 4) is 36.8 Å². The summed E-state index contributed by atoms with van der Waals surface area (Å²) in [6, 6.07) is 3.96. The largest absolute Gasteiger partial charge is 0.385 e. The second-order valence-electron chi connectivity index (χ2n) is 8.14. The summed E-state index contributed by atoms with van der Waals surface area (Å²) >= 11 is 15.2. The first-order valence-electron chi connectivity index (χ1n) is 10.5. The Morgan fingerprint density at radius 3 is 2.03 bits per heavy atom. The van der Waals surface area contributed by atoms with Crippen LogP contribution < -0.4 is 0 Å². The molecule has 0 aromatic carbocycles. The molecule has 0 amide bonds. The lowest BCUT2D eigenvalue weighted by atomic mass is 9.93. The van der Waals surface area contributed by atoms with Gasteiger partial charge in [0, 0.05) is 6.42 Å². The van der Waals surface area contributed by atoms with Crippen molar-refractivity contribution in [3.63, 3.8) is 0 Å². The summed E-state index contributed by atoms with van der Waals surface area (Å²) in [7, 11) is 0. The van der Waals surface area contributed by atoms with Crippen molar-refractivity contribution < 1.29 is 9.90 Å². The number of rotatable bonds is 7. The summed E-state index contributed by atoms with van der Waals surface area (Å²) < 4.78 is 3.10. The van der Waals surface area contributed by atoms with E-state index in [4.69, 9.17) is 46.6 Å². The Labute approximate surface area is 223 Å². The predicted molar refractivity (Wildman–Crippen MR) is 136 cm³/mol. The highest BCUT2D eigenvalue weighted by Gasteiger charge is 2.57. The molecule has 2 aliphatic rings. The summed E-state index contributed by atoms with van der Waals surface area (Å²) in [5.41, 5.74) is -0.407. The Kier molecular flexibility index (Phi) is 9.96. The molecule has 2 heterocycles. The maximum absolute atomic E-state index is 11.6.